The van der Waals surface area contributed by atoms with E-state index in [1.54, 1.807) is 6.26 Å². The van der Waals surface area contributed by atoms with Gasteiger partial charge in [-0.25, -0.2) is 9.98 Å². The highest BCUT2D eigenvalue weighted by Crippen LogP contribution is 2.47. The monoisotopic (exact) mass is 502 g/mol. The van der Waals surface area contributed by atoms with Gasteiger partial charge in [-0.15, -0.1) is 24.0 Å². The van der Waals surface area contributed by atoms with E-state index < -0.39 is 0 Å². The van der Waals surface area contributed by atoms with Crippen molar-refractivity contribution >= 4 is 29.9 Å². The fraction of sp³-hybridized carbons (Fsp3) is 0.304. The molecule has 0 unspecified atom stereocenters. The first kappa shape index (κ1) is 21.4. The van der Waals surface area contributed by atoms with Crippen LogP contribution < -0.4 is 10.6 Å². The third-order valence-corrected chi connectivity index (χ3v) is 5.15. The zero-order chi connectivity index (χ0) is 19.2. The Labute approximate surface area is 189 Å². The topological polar surface area (TPSA) is 62.5 Å². The largest absolute Gasteiger partial charge is 0.444 e. The van der Waals surface area contributed by atoms with Gasteiger partial charge in [-0.05, 0) is 37.5 Å². The zero-order valence-corrected chi connectivity index (χ0v) is 18.9. The number of rotatable bonds is 7. The summed E-state index contributed by atoms with van der Waals surface area (Å²) in [5, 5.41) is 6.83. The first-order valence-corrected chi connectivity index (χ1v) is 9.87. The molecule has 0 bridgehead atoms. The van der Waals surface area contributed by atoms with Gasteiger partial charge in [0.25, 0.3) is 0 Å². The molecule has 1 saturated carbocycles. The molecule has 3 aromatic rings. The molecule has 2 aromatic carbocycles. The number of aromatic nitrogens is 1. The van der Waals surface area contributed by atoms with Crippen molar-refractivity contribution in [2.24, 2.45) is 4.99 Å². The van der Waals surface area contributed by atoms with Crippen molar-refractivity contribution in [2.45, 2.75) is 31.7 Å². The first-order valence-electron chi connectivity index (χ1n) is 9.87. The molecule has 1 aromatic heterocycles. The second kappa shape index (κ2) is 9.91. The van der Waals surface area contributed by atoms with E-state index in [2.05, 4.69) is 57.9 Å². The highest BCUT2D eigenvalue weighted by molar-refractivity contribution is 14.0. The van der Waals surface area contributed by atoms with E-state index in [9.17, 15) is 0 Å². The molecule has 6 heteroatoms. The fourth-order valence-corrected chi connectivity index (χ4v) is 3.36. The van der Waals surface area contributed by atoms with E-state index in [4.69, 9.17) is 4.42 Å². The quantitative estimate of drug-likeness (QED) is 0.278. The Bertz CT molecular complexity index is 920. The minimum atomic E-state index is 0. The second-order valence-corrected chi connectivity index (χ2v) is 7.21. The summed E-state index contributed by atoms with van der Waals surface area (Å²) in [5.74, 6) is 1.44. The maximum absolute atomic E-state index is 5.60. The zero-order valence-electron chi connectivity index (χ0n) is 16.6. The Hall–Kier alpha value is -2.35. The lowest BCUT2D eigenvalue weighted by Gasteiger charge is -2.19. The second-order valence-electron chi connectivity index (χ2n) is 7.21. The third kappa shape index (κ3) is 5.38. The molecule has 0 spiro atoms. The summed E-state index contributed by atoms with van der Waals surface area (Å²) < 4.78 is 5.60. The van der Waals surface area contributed by atoms with E-state index in [-0.39, 0.29) is 29.4 Å². The molecule has 5 nitrogen and oxygen atoms in total. The smallest absolute Gasteiger partial charge is 0.226 e. The first-order chi connectivity index (χ1) is 13.8. The van der Waals surface area contributed by atoms with Crippen molar-refractivity contribution in [1.29, 1.82) is 0 Å². The lowest BCUT2D eigenvalue weighted by molar-refractivity contribution is 0.572. The minimum Gasteiger partial charge on any atom is -0.444 e. The summed E-state index contributed by atoms with van der Waals surface area (Å²) in [6.07, 6.45) is 4.11. The molecular formula is C23H27IN4O. The maximum atomic E-state index is 5.60. The van der Waals surface area contributed by atoms with Crippen molar-refractivity contribution in [3.8, 4) is 11.5 Å². The number of aliphatic imine (C=N–C) groups is 1. The van der Waals surface area contributed by atoms with Gasteiger partial charge in [-0.3, -0.25) is 0 Å². The van der Waals surface area contributed by atoms with E-state index in [0.29, 0.717) is 12.4 Å². The summed E-state index contributed by atoms with van der Waals surface area (Å²) in [6, 6.07) is 20.7. The molecule has 0 amide bonds. The fourth-order valence-electron chi connectivity index (χ4n) is 3.36. The van der Waals surface area contributed by atoms with E-state index >= 15 is 0 Å². The third-order valence-electron chi connectivity index (χ3n) is 5.15. The molecule has 1 aliphatic carbocycles. The van der Waals surface area contributed by atoms with Gasteiger partial charge < -0.3 is 15.1 Å². The van der Waals surface area contributed by atoms with Gasteiger partial charge in [-0.1, -0.05) is 48.5 Å². The predicted molar refractivity (Wildman–Crippen MR) is 128 cm³/mol. The molecule has 1 fully saturated rings. The molecule has 0 aliphatic heterocycles. The number of oxazole rings is 1. The average Bonchev–Trinajstić information content (AvgIpc) is 3.40. The molecule has 0 atom stereocenters. The van der Waals surface area contributed by atoms with Crippen LogP contribution in [-0.4, -0.2) is 24.0 Å². The van der Waals surface area contributed by atoms with Gasteiger partial charge in [0.05, 0.1) is 6.54 Å². The lowest BCUT2D eigenvalue weighted by atomic mass is 9.96. The summed E-state index contributed by atoms with van der Waals surface area (Å²) in [7, 11) is 0. The van der Waals surface area contributed by atoms with Crippen LogP contribution in [0.4, 0.5) is 0 Å². The normalized spacial score (nSPS) is 14.7. The molecule has 4 rings (SSSR count). The number of halogens is 1. The number of guanidine groups is 1. The standard InChI is InChI=1S/C23H26N4O.HI/c1-2-24-22(26-17-23(13-14-23)19-11-7-4-8-12-19)25-15-20-16-28-21(27-20)18-9-5-3-6-10-18;/h3-12,16H,2,13-15,17H2,1H3,(H2,24,25,26);1H. The Morgan fingerprint density at radius 2 is 1.72 bits per heavy atom. The number of hydrogen-bond acceptors (Lipinski definition) is 3. The summed E-state index contributed by atoms with van der Waals surface area (Å²) in [4.78, 5) is 9.24. The molecule has 1 heterocycles. The highest BCUT2D eigenvalue weighted by Gasteiger charge is 2.43. The van der Waals surface area contributed by atoms with Gasteiger partial charge in [0.1, 0.15) is 12.0 Å². The summed E-state index contributed by atoms with van der Waals surface area (Å²) in [6.45, 7) is 4.25. The van der Waals surface area contributed by atoms with Crippen LogP contribution in [0.5, 0.6) is 0 Å². The van der Waals surface area contributed by atoms with E-state index in [0.717, 1.165) is 30.3 Å². The lowest BCUT2D eigenvalue weighted by Crippen LogP contribution is -2.41. The van der Waals surface area contributed by atoms with Crippen LogP contribution in [0, 0.1) is 0 Å². The highest BCUT2D eigenvalue weighted by atomic mass is 127. The molecule has 152 valence electrons. The van der Waals surface area contributed by atoms with Crippen molar-refractivity contribution in [3.05, 3.63) is 78.2 Å². The average molecular weight is 502 g/mol. The van der Waals surface area contributed by atoms with Crippen LogP contribution in [0.2, 0.25) is 0 Å². The van der Waals surface area contributed by atoms with Crippen LogP contribution in [-0.2, 0) is 12.0 Å². The molecule has 0 saturated heterocycles. The summed E-state index contributed by atoms with van der Waals surface area (Å²) >= 11 is 0. The summed E-state index contributed by atoms with van der Waals surface area (Å²) in [5.41, 5.74) is 3.44. The predicted octanol–water partition coefficient (Wildman–Crippen LogP) is 4.75. The van der Waals surface area contributed by atoms with Gasteiger partial charge in [-0.2, -0.15) is 0 Å². The number of hydrogen-bond donors (Lipinski definition) is 2. The molecule has 2 N–H and O–H groups in total. The minimum absolute atomic E-state index is 0. The van der Waals surface area contributed by atoms with Crippen LogP contribution in [0.25, 0.3) is 11.5 Å². The van der Waals surface area contributed by atoms with Gasteiger partial charge in [0.15, 0.2) is 5.96 Å². The van der Waals surface area contributed by atoms with Crippen LogP contribution >= 0.6 is 24.0 Å². The Morgan fingerprint density at radius 1 is 1.03 bits per heavy atom. The van der Waals surface area contributed by atoms with Gasteiger partial charge in [0.2, 0.25) is 5.89 Å². The number of nitrogens with one attached hydrogen (secondary N) is 2. The Balaban J connectivity index is 0.00000240. The maximum Gasteiger partial charge on any atom is 0.226 e. The molecule has 1 aliphatic rings. The van der Waals surface area contributed by atoms with Crippen molar-refractivity contribution in [1.82, 2.24) is 15.6 Å². The van der Waals surface area contributed by atoms with Crippen LogP contribution in [0.3, 0.4) is 0 Å². The molecule has 0 radical (unpaired) electrons. The van der Waals surface area contributed by atoms with Gasteiger partial charge in [0, 0.05) is 24.1 Å². The number of benzene rings is 2. The number of nitrogens with zero attached hydrogens (tertiary/aromatic N) is 2. The Morgan fingerprint density at radius 3 is 2.38 bits per heavy atom. The SMILES string of the molecule is CCNC(=NCc1coc(-c2ccccc2)n1)NCC1(c2ccccc2)CC1.I. The van der Waals surface area contributed by atoms with Crippen LogP contribution in [0.1, 0.15) is 31.0 Å². The van der Waals surface area contributed by atoms with Crippen molar-refractivity contribution < 1.29 is 4.42 Å². The van der Waals surface area contributed by atoms with E-state index in [1.807, 2.05) is 30.3 Å². The van der Waals surface area contributed by atoms with Crippen molar-refractivity contribution in [3.63, 3.8) is 0 Å². The van der Waals surface area contributed by atoms with Crippen molar-refractivity contribution in [2.75, 3.05) is 13.1 Å². The van der Waals surface area contributed by atoms with E-state index in [1.165, 1.54) is 18.4 Å². The van der Waals surface area contributed by atoms with Gasteiger partial charge >= 0.3 is 0 Å². The van der Waals surface area contributed by atoms with Crippen LogP contribution in [0.15, 0.2) is 76.3 Å². The Kier molecular flexibility index (Phi) is 7.30. The molecule has 29 heavy (non-hydrogen) atoms. The molecular weight excluding hydrogens is 475 g/mol.